The Balaban J connectivity index is 2.94. The van der Waals surface area contributed by atoms with Crippen LogP contribution < -0.4 is 9.47 Å². The van der Waals surface area contributed by atoms with Gasteiger partial charge in [-0.1, -0.05) is 10.4 Å². The van der Waals surface area contributed by atoms with E-state index in [1.165, 1.54) is 13.2 Å². The van der Waals surface area contributed by atoms with Crippen molar-refractivity contribution in [2.45, 2.75) is 6.92 Å². The summed E-state index contributed by atoms with van der Waals surface area (Å²) in [6.45, 7) is 2.37. The standard InChI is InChI=1S/C12H13NO5S/c1-3-18-10-6-4-9(8-11(10)17-2)5-7-12(14)13-19(15)16/h4-8H,3H2,1-2H3. The van der Waals surface area contributed by atoms with Crippen LogP contribution in [0.15, 0.2) is 28.6 Å². The average Bonchev–Trinajstić information content (AvgIpc) is 2.37. The number of carbonyl (C=O) groups is 1. The van der Waals surface area contributed by atoms with Crippen molar-refractivity contribution < 1.29 is 22.7 Å². The fraction of sp³-hybridized carbons (Fsp3) is 0.250. The third-order valence-electron chi connectivity index (χ3n) is 2.07. The van der Waals surface area contributed by atoms with Crippen LogP contribution >= 0.6 is 0 Å². The van der Waals surface area contributed by atoms with E-state index in [9.17, 15) is 13.2 Å². The van der Waals surface area contributed by atoms with Crippen LogP contribution in [0.3, 0.4) is 0 Å². The third kappa shape index (κ3) is 4.92. The lowest BCUT2D eigenvalue weighted by Gasteiger charge is -2.09. The lowest BCUT2D eigenvalue weighted by Crippen LogP contribution is -1.95. The first-order valence-corrected chi connectivity index (χ1v) is 6.44. The molecule has 0 radical (unpaired) electrons. The van der Waals surface area contributed by atoms with E-state index in [1.54, 1.807) is 18.2 Å². The molecule has 0 N–H and O–H groups in total. The maximum absolute atomic E-state index is 11.0. The number of ether oxygens (including phenoxy) is 2. The zero-order valence-electron chi connectivity index (χ0n) is 10.5. The molecule has 0 saturated heterocycles. The van der Waals surface area contributed by atoms with E-state index in [4.69, 9.17) is 9.47 Å². The number of hydrogen-bond acceptors (Lipinski definition) is 5. The van der Waals surface area contributed by atoms with E-state index in [0.717, 1.165) is 6.08 Å². The second-order valence-corrected chi connectivity index (χ2v) is 3.94. The number of nitrogens with zero attached hydrogens (tertiary/aromatic N) is 1. The summed E-state index contributed by atoms with van der Waals surface area (Å²) in [5, 5.41) is 0. The monoisotopic (exact) mass is 283 g/mol. The number of methoxy groups -OCH3 is 1. The molecular formula is C12H13NO5S. The van der Waals surface area contributed by atoms with Gasteiger partial charge in [0.2, 0.25) is 0 Å². The van der Waals surface area contributed by atoms with Gasteiger partial charge in [0.05, 0.1) is 13.7 Å². The molecule has 1 rings (SSSR count). The van der Waals surface area contributed by atoms with Crippen LogP contribution in [0.5, 0.6) is 11.5 Å². The summed E-state index contributed by atoms with van der Waals surface area (Å²) in [5.41, 5.74) is 0.667. The number of hydrogen-bond donors (Lipinski definition) is 0. The van der Waals surface area contributed by atoms with E-state index in [0.29, 0.717) is 23.7 Å². The second kappa shape index (κ2) is 7.32. The first kappa shape index (κ1) is 14.9. The van der Waals surface area contributed by atoms with Crippen molar-refractivity contribution in [3.63, 3.8) is 0 Å². The van der Waals surface area contributed by atoms with Gasteiger partial charge in [0.25, 0.3) is 5.91 Å². The number of benzene rings is 1. The van der Waals surface area contributed by atoms with Crippen LogP contribution in [0.4, 0.5) is 0 Å². The van der Waals surface area contributed by atoms with E-state index >= 15 is 0 Å². The van der Waals surface area contributed by atoms with Gasteiger partial charge >= 0.3 is 10.5 Å². The molecule has 102 valence electrons. The van der Waals surface area contributed by atoms with Crippen molar-refractivity contribution in [3.8, 4) is 11.5 Å². The fourth-order valence-corrected chi connectivity index (χ4v) is 1.54. The Bertz CT molecular complexity index is 611. The van der Waals surface area contributed by atoms with Crippen LogP contribution in [-0.2, 0) is 15.3 Å². The topological polar surface area (TPSA) is 82.0 Å². The van der Waals surface area contributed by atoms with Crippen molar-refractivity contribution in [1.29, 1.82) is 0 Å². The van der Waals surface area contributed by atoms with Crippen LogP contribution in [-0.4, -0.2) is 28.0 Å². The Hall–Kier alpha value is -2.15. The largest absolute Gasteiger partial charge is 0.493 e. The molecule has 0 aliphatic heterocycles. The van der Waals surface area contributed by atoms with Gasteiger partial charge in [-0.05, 0) is 30.7 Å². The van der Waals surface area contributed by atoms with E-state index < -0.39 is 16.4 Å². The summed E-state index contributed by atoms with van der Waals surface area (Å²) in [5.74, 6) is 0.279. The van der Waals surface area contributed by atoms with Gasteiger partial charge in [-0.25, -0.2) is 0 Å². The molecule has 0 bridgehead atoms. The molecule has 0 atom stereocenters. The van der Waals surface area contributed by atoms with Gasteiger partial charge in [-0.15, -0.1) is 0 Å². The fourth-order valence-electron chi connectivity index (χ4n) is 1.33. The summed E-state index contributed by atoms with van der Waals surface area (Å²) in [6, 6.07) is 5.09. The predicted molar refractivity (Wildman–Crippen MR) is 69.6 cm³/mol. The van der Waals surface area contributed by atoms with Gasteiger partial charge in [-0.2, -0.15) is 8.42 Å². The molecule has 1 amide bonds. The number of amides is 1. The summed E-state index contributed by atoms with van der Waals surface area (Å²) in [7, 11) is -1.23. The number of carbonyl (C=O) groups excluding carboxylic acids is 1. The minimum Gasteiger partial charge on any atom is -0.493 e. The molecule has 0 spiro atoms. The Kier molecular flexibility index (Phi) is 5.74. The molecule has 0 aliphatic rings. The summed E-state index contributed by atoms with van der Waals surface area (Å²) < 4.78 is 33.7. The second-order valence-electron chi connectivity index (χ2n) is 3.32. The summed E-state index contributed by atoms with van der Waals surface area (Å²) in [4.78, 5) is 11.0. The molecule has 0 heterocycles. The maximum Gasteiger partial charge on any atom is 0.319 e. The predicted octanol–water partition coefficient (Wildman–Crippen LogP) is 1.70. The molecular weight excluding hydrogens is 270 g/mol. The zero-order chi connectivity index (χ0) is 14.3. The molecule has 6 nitrogen and oxygen atoms in total. The lowest BCUT2D eigenvalue weighted by atomic mass is 10.2. The van der Waals surface area contributed by atoms with E-state index in [1.807, 2.05) is 6.92 Å². The van der Waals surface area contributed by atoms with Gasteiger partial charge in [-0.3, -0.25) is 4.79 Å². The van der Waals surface area contributed by atoms with Gasteiger partial charge in [0.15, 0.2) is 11.5 Å². The highest BCUT2D eigenvalue weighted by Crippen LogP contribution is 2.28. The lowest BCUT2D eigenvalue weighted by molar-refractivity contribution is -0.113. The summed E-state index contributed by atoms with van der Waals surface area (Å²) >= 11 is 0. The van der Waals surface area contributed by atoms with Crippen molar-refractivity contribution >= 4 is 22.5 Å². The zero-order valence-corrected chi connectivity index (χ0v) is 11.3. The maximum atomic E-state index is 11.0. The molecule has 19 heavy (non-hydrogen) atoms. The van der Waals surface area contributed by atoms with Gasteiger partial charge < -0.3 is 9.47 Å². The van der Waals surface area contributed by atoms with Crippen molar-refractivity contribution in [1.82, 2.24) is 0 Å². The Morgan fingerprint density at radius 1 is 1.37 bits per heavy atom. The van der Waals surface area contributed by atoms with Crippen LogP contribution in [0, 0.1) is 0 Å². The Morgan fingerprint density at radius 3 is 2.68 bits per heavy atom. The molecule has 0 aromatic heterocycles. The highest BCUT2D eigenvalue weighted by molar-refractivity contribution is 7.62. The van der Waals surface area contributed by atoms with Crippen molar-refractivity contribution in [2.75, 3.05) is 13.7 Å². The van der Waals surface area contributed by atoms with Crippen molar-refractivity contribution in [2.24, 2.45) is 4.36 Å². The van der Waals surface area contributed by atoms with Crippen LogP contribution in [0.1, 0.15) is 12.5 Å². The van der Waals surface area contributed by atoms with Crippen molar-refractivity contribution in [3.05, 3.63) is 29.8 Å². The van der Waals surface area contributed by atoms with Crippen LogP contribution in [0.25, 0.3) is 6.08 Å². The minimum atomic E-state index is -2.74. The average molecular weight is 283 g/mol. The normalized spacial score (nSPS) is 10.2. The molecule has 1 aromatic rings. The first-order chi connectivity index (χ1) is 9.06. The first-order valence-electron chi connectivity index (χ1n) is 5.40. The van der Waals surface area contributed by atoms with E-state index in [2.05, 4.69) is 4.36 Å². The SMILES string of the molecule is CCOc1ccc(C=CC(=O)N=S(=O)=O)cc1OC. The minimum absolute atomic E-state index is 0.512. The number of rotatable bonds is 5. The van der Waals surface area contributed by atoms with Gasteiger partial charge in [0, 0.05) is 6.08 Å². The molecule has 0 aliphatic carbocycles. The third-order valence-corrected chi connectivity index (χ3v) is 2.40. The molecule has 0 unspecified atom stereocenters. The molecule has 7 heteroatoms. The Labute approximate surface area is 112 Å². The molecule has 0 fully saturated rings. The van der Waals surface area contributed by atoms with E-state index in [-0.39, 0.29) is 0 Å². The quantitative estimate of drug-likeness (QED) is 0.768. The molecule has 0 saturated carbocycles. The van der Waals surface area contributed by atoms with Gasteiger partial charge in [0.1, 0.15) is 0 Å². The molecule has 1 aromatic carbocycles. The highest BCUT2D eigenvalue weighted by atomic mass is 32.2. The summed E-state index contributed by atoms with van der Waals surface area (Å²) in [6.07, 6.45) is 2.50. The highest BCUT2D eigenvalue weighted by Gasteiger charge is 2.03. The smallest absolute Gasteiger partial charge is 0.319 e. The Morgan fingerprint density at radius 2 is 2.11 bits per heavy atom. The van der Waals surface area contributed by atoms with Crippen LogP contribution in [0.2, 0.25) is 0 Å².